The molecule has 2 aromatic carbocycles. The topological polar surface area (TPSA) is 106 Å². The Morgan fingerprint density at radius 1 is 0.919 bits per heavy atom. The Kier molecular flexibility index (Phi) is 8.52. The standard InChI is InChI=1S/C27H34N8O2/c1-4-28-27(37)35-17-15-34(16-18-35)23-11-9-22(10-12-23)31-26-29-14-13-24(32-26)20-5-7-21(8-6-20)30-25(36)19-33(2)3/h5-14H,4,15-19H2,1-3H3,(H,28,37)(H,30,36)(H,29,31,32). The van der Waals surface area contributed by atoms with Gasteiger partial charge in [-0.05, 0) is 63.5 Å². The number of likely N-dealkylation sites (N-methyl/N-ethyl adjacent to an activating group) is 1. The van der Waals surface area contributed by atoms with Gasteiger partial charge in [0.15, 0.2) is 0 Å². The number of benzene rings is 2. The summed E-state index contributed by atoms with van der Waals surface area (Å²) in [5.41, 5.74) is 4.46. The van der Waals surface area contributed by atoms with Crippen LogP contribution < -0.4 is 20.9 Å². The minimum absolute atomic E-state index is 0.00615. The number of hydrogen-bond donors (Lipinski definition) is 3. The molecule has 0 spiro atoms. The number of hydrogen-bond acceptors (Lipinski definition) is 7. The maximum Gasteiger partial charge on any atom is 0.317 e. The van der Waals surface area contributed by atoms with Gasteiger partial charge in [-0.15, -0.1) is 0 Å². The van der Waals surface area contributed by atoms with Crippen molar-refractivity contribution in [1.82, 2.24) is 25.1 Å². The molecule has 3 aromatic rings. The first kappa shape index (κ1) is 25.9. The number of nitrogens with one attached hydrogen (secondary N) is 3. The van der Waals surface area contributed by atoms with Gasteiger partial charge in [0.2, 0.25) is 11.9 Å². The highest BCUT2D eigenvalue weighted by Gasteiger charge is 2.20. The van der Waals surface area contributed by atoms with Crippen LogP contribution in [-0.4, -0.2) is 85.1 Å². The predicted octanol–water partition coefficient (Wildman–Crippen LogP) is 3.24. The Bertz CT molecular complexity index is 1190. The van der Waals surface area contributed by atoms with Crippen molar-refractivity contribution in [3.05, 3.63) is 60.8 Å². The molecule has 0 aliphatic carbocycles. The number of carbonyl (C=O) groups excluding carboxylic acids is 2. The van der Waals surface area contributed by atoms with Crippen LogP contribution >= 0.6 is 0 Å². The van der Waals surface area contributed by atoms with Crippen LogP contribution in [0.1, 0.15) is 6.92 Å². The summed E-state index contributed by atoms with van der Waals surface area (Å²) < 4.78 is 0. The van der Waals surface area contributed by atoms with E-state index in [2.05, 4.69) is 43.0 Å². The third-order valence-electron chi connectivity index (χ3n) is 5.96. The van der Waals surface area contributed by atoms with E-state index in [1.807, 2.05) is 73.3 Å². The zero-order valence-corrected chi connectivity index (χ0v) is 21.6. The van der Waals surface area contributed by atoms with Crippen LogP contribution in [0.5, 0.6) is 0 Å². The summed E-state index contributed by atoms with van der Waals surface area (Å²) in [5, 5.41) is 9.02. The monoisotopic (exact) mass is 502 g/mol. The van der Waals surface area contributed by atoms with Crippen molar-refractivity contribution in [1.29, 1.82) is 0 Å². The number of urea groups is 1. The van der Waals surface area contributed by atoms with Crippen molar-refractivity contribution >= 4 is 34.9 Å². The average Bonchev–Trinajstić information content (AvgIpc) is 2.89. The van der Waals surface area contributed by atoms with Crippen molar-refractivity contribution in [3.8, 4) is 11.3 Å². The van der Waals surface area contributed by atoms with Gasteiger partial charge < -0.3 is 30.7 Å². The Balaban J connectivity index is 1.34. The van der Waals surface area contributed by atoms with Gasteiger partial charge in [-0.3, -0.25) is 4.79 Å². The lowest BCUT2D eigenvalue weighted by Crippen LogP contribution is -2.51. The van der Waals surface area contributed by atoms with Gasteiger partial charge in [-0.1, -0.05) is 12.1 Å². The summed E-state index contributed by atoms with van der Waals surface area (Å²) in [5.74, 6) is 0.447. The molecule has 10 nitrogen and oxygen atoms in total. The van der Waals surface area contributed by atoms with Gasteiger partial charge in [0.05, 0.1) is 12.2 Å². The highest BCUT2D eigenvalue weighted by Crippen LogP contribution is 2.23. The van der Waals surface area contributed by atoms with Crippen LogP contribution in [0.25, 0.3) is 11.3 Å². The van der Waals surface area contributed by atoms with E-state index in [0.717, 1.165) is 41.4 Å². The summed E-state index contributed by atoms with van der Waals surface area (Å²) in [7, 11) is 3.72. The van der Waals surface area contributed by atoms with E-state index in [0.29, 0.717) is 32.1 Å². The zero-order chi connectivity index (χ0) is 26.2. The van der Waals surface area contributed by atoms with E-state index >= 15 is 0 Å². The van der Waals surface area contributed by atoms with E-state index < -0.39 is 0 Å². The van der Waals surface area contributed by atoms with Gasteiger partial charge in [0, 0.05) is 61.5 Å². The van der Waals surface area contributed by atoms with E-state index in [-0.39, 0.29) is 11.9 Å². The quantitative estimate of drug-likeness (QED) is 0.434. The van der Waals surface area contributed by atoms with Gasteiger partial charge >= 0.3 is 6.03 Å². The molecule has 0 saturated carbocycles. The van der Waals surface area contributed by atoms with Crippen molar-refractivity contribution in [2.24, 2.45) is 0 Å². The molecule has 1 fully saturated rings. The van der Waals surface area contributed by atoms with E-state index in [9.17, 15) is 9.59 Å². The fraction of sp³-hybridized carbons (Fsp3) is 0.333. The first-order chi connectivity index (χ1) is 17.9. The first-order valence-corrected chi connectivity index (χ1v) is 12.4. The van der Waals surface area contributed by atoms with E-state index in [1.54, 1.807) is 6.20 Å². The molecule has 0 radical (unpaired) electrons. The summed E-state index contributed by atoms with van der Waals surface area (Å²) in [4.78, 5) is 39.0. The highest BCUT2D eigenvalue weighted by molar-refractivity contribution is 5.92. The molecule has 0 atom stereocenters. The lowest BCUT2D eigenvalue weighted by atomic mass is 10.1. The summed E-state index contributed by atoms with van der Waals surface area (Å²) >= 11 is 0. The molecule has 1 aromatic heterocycles. The molecule has 37 heavy (non-hydrogen) atoms. The molecular weight excluding hydrogens is 468 g/mol. The van der Waals surface area contributed by atoms with Crippen molar-refractivity contribution < 1.29 is 9.59 Å². The molecule has 0 unspecified atom stereocenters. The molecule has 1 aliphatic rings. The van der Waals surface area contributed by atoms with Crippen molar-refractivity contribution in [2.45, 2.75) is 6.92 Å². The maximum absolute atomic E-state index is 12.0. The van der Waals surface area contributed by atoms with Crippen LogP contribution in [-0.2, 0) is 4.79 Å². The number of anilines is 4. The van der Waals surface area contributed by atoms with Crippen LogP contribution in [0, 0.1) is 0 Å². The van der Waals surface area contributed by atoms with Gasteiger partial charge in [0.25, 0.3) is 0 Å². The SMILES string of the molecule is CCNC(=O)N1CCN(c2ccc(Nc3nccc(-c4ccc(NC(=O)CN(C)C)cc4)n3)cc2)CC1. The van der Waals surface area contributed by atoms with Crippen LogP contribution in [0.2, 0.25) is 0 Å². The van der Waals surface area contributed by atoms with Crippen LogP contribution in [0.4, 0.5) is 27.8 Å². The normalized spacial score (nSPS) is 13.4. The zero-order valence-electron chi connectivity index (χ0n) is 21.6. The molecule has 2 heterocycles. The first-order valence-electron chi connectivity index (χ1n) is 12.4. The minimum Gasteiger partial charge on any atom is -0.368 e. The van der Waals surface area contributed by atoms with Crippen molar-refractivity contribution in [2.75, 3.05) is 68.9 Å². The number of rotatable bonds is 8. The maximum atomic E-state index is 12.0. The lowest BCUT2D eigenvalue weighted by molar-refractivity contribution is -0.116. The molecule has 1 saturated heterocycles. The fourth-order valence-corrected chi connectivity index (χ4v) is 4.11. The highest BCUT2D eigenvalue weighted by atomic mass is 16.2. The Morgan fingerprint density at radius 3 is 2.24 bits per heavy atom. The molecule has 3 amide bonds. The second-order valence-corrected chi connectivity index (χ2v) is 9.11. The molecule has 10 heteroatoms. The number of nitrogens with zero attached hydrogens (tertiary/aromatic N) is 5. The van der Waals surface area contributed by atoms with Crippen molar-refractivity contribution in [3.63, 3.8) is 0 Å². The number of piperazine rings is 1. The second-order valence-electron chi connectivity index (χ2n) is 9.11. The minimum atomic E-state index is -0.0566. The van der Waals surface area contributed by atoms with E-state index in [1.165, 1.54) is 0 Å². The molecule has 3 N–H and O–H groups in total. The third-order valence-corrected chi connectivity index (χ3v) is 5.96. The smallest absolute Gasteiger partial charge is 0.317 e. The third kappa shape index (κ3) is 7.17. The summed E-state index contributed by atoms with van der Waals surface area (Å²) in [6.45, 7) is 5.91. The Hall–Kier alpha value is -4.18. The van der Waals surface area contributed by atoms with E-state index in [4.69, 9.17) is 0 Å². The summed E-state index contributed by atoms with van der Waals surface area (Å²) in [6.07, 6.45) is 1.72. The second kappa shape index (κ2) is 12.2. The van der Waals surface area contributed by atoms with Gasteiger partial charge in [-0.2, -0.15) is 0 Å². The van der Waals surface area contributed by atoms with Crippen LogP contribution in [0.15, 0.2) is 60.8 Å². The van der Waals surface area contributed by atoms with Crippen LogP contribution in [0.3, 0.4) is 0 Å². The predicted molar refractivity (Wildman–Crippen MR) is 147 cm³/mol. The van der Waals surface area contributed by atoms with Gasteiger partial charge in [0.1, 0.15) is 0 Å². The fourth-order valence-electron chi connectivity index (χ4n) is 4.11. The number of carbonyl (C=O) groups is 2. The summed E-state index contributed by atoms with van der Waals surface area (Å²) in [6, 6.07) is 17.6. The Labute approximate surface area is 217 Å². The molecule has 4 rings (SSSR count). The van der Waals surface area contributed by atoms with Gasteiger partial charge in [-0.25, -0.2) is 14.8 Å². The number of aromatic nitrogens is 2. The molecular formula is C27H34N8O2. The average molecular weight is 503 g/mol. The lowest BCUT2D eigenvalue weighted by Gasteiger charge is -2.36. The number of amides is 3. The Morgan fingerprint density at radius 2 is 1.59 bits per heavy atom. The molecule has 194 valence electrons. The largest absolute Gasteiger partial charge is 0.368 e. The molecule has 0 bridgehead atoms. The molecule has 1 aliphatic heterocycles.